The van der Waals surface area contributed by atoms with E-state index in [-0.39, 0.29) is 11.8 Å². The highest BCUT2D eigenvalue weighted by Crippen LogP contribution is 2.34. The molecule has 1 aliphatic heterocycles. The third kappa shape index (κ3) is 4.41. The van der Waals surface area contributed by atoms with Crippen LogP contribution in [0.1, 0.15) is 79.8 Å². The van der Waals surface area contributed by atoms with Gasteiger partial charge in [0.05, 0.1) is 5.54 Å². The number of nitrogens with two attached hydrogens (primary N) is 2. The van der Waals surface area contributed by atoms with Crippen molar-refractivity contribution in [2.24, 2.45) is 11.5 Å². The van der Waals surface area contributed by atoms with Gasteiger partial charge in [-0.05, 0) is 81.1 Å². The number of hydrogen-bond donors (Lipinski definition) is 2. The van der Waals surface area contributed by atoms with E-state index in [9.17, 15) is 9.59 Å². The van der Waals surface area contributed by atoms with Gasteiger partial charge in [-0.25, -0.2) is 0 Å². The minimum atomic E-state index is -0.823. The van der Waals surface area contributed by atoms with Crippen molar-refractivity contribution in [1.29, 1.82) is 0 Å². The highest BCUT2D eigenvalue weighted by atomic mass is 16.2. The molecular weight excluding hydrogens is 338 g/mol. The highest BCUT2D eigenvalue weighted by Gasteiger charge is 2.31. The first-order chi connectivity index (χ1) is 12.8. The molecule has 1 saturated heterocycles. The van der Waals surface area contributed by atoms with Crippen LogP contribution in [0.15, 0.2) is 24.3 Å². The number of piperidine rings is 1. The highest BCUT2D eigenvalue weighted by molar-refractivity contribution is 5.98. The fourth-order valence-electron chi connectivity index (χ4n) is 4.20. The van der Waals surface area contributed by atoms with Crippen LogP contribution in [0.4, 0.5) is 0 Å². The summed E-state index contributed by atoms with van der Waals surface area (Å²) in [6, 6.07) is 6.07. The summed E-state index contributed by atoms with van der Waals surface area (Å²) in [6.45, 7) is 4.96. The number of likely N-dealkylation sites (tertiary alicyclic amines) is 1. The van der Waals surface area contributed by atoms with Crippen LogP contribution in [0.5, 0.6) is 0 Å². The number of allylic oxidation sites excluding steroid dienone is 2. The fourth-order valence-corrected chi connectivity index (χ4v) is 4.20. The number of carbonyl (C=O) groups excluding carboxylic acids is 2. The van der Waals surface area contributed by atoms with Gasteiger partial charge in [0, 0.05) is 18.7 Å². The second-order valence-electron chi connectivity index (χ2n) is 8.43. The first-order valence-electron chi connectivity index (χ1n) is 9.99. The van der Waals surface area contributed by atoms with Crippen molar-refractivity contribution in [2.75, 3.05) is 13.1 Å². The smallest absolute Gasteiger partial charge is 0.249 e. The lowest BCUT2D eigenvalue weighted by molar-refractivity contribution is -0.136. The summed E-state index contributed by atoms with van der Waals surface area (Å²) < 4.78 is 0. The van der Waals surface area contributed by atoms with Gasteiger partial charge in [-0.1, -0.05) is 18.2 Å². The second kappa shape index (κ2) is 7.85. The van der Waals surface area contributed by atoms with Gasteiger partial charge in [0.25, 0.3) is 0 Å². The van der Waals surface area contributed by atoms with Crippen molar-refractivity contribution in [3.63, 3.8) is 0 Å². The fraction of sp³-hybridized carbons (Fsp3) is 0.545. The maximum absolute atomic E-state index is 12.4. The number of hydrogen-bond acceptors (Lipinski definition) is 3. The molecule has 1 fully saturated rings. The van der Waals surface area contributed by atoms with Crippen molar-refractivity contribution in [2.45, 2.75) is 63.8 Å². The lowest BCUT2D eigenvalue weighted by Crippen LogP contribution is -2.53. The van der Waals surface area contributed by atoms with E-state index in [2.05, 4.69) is 12.1 Å². The summed E-state index contributed by atoms with van der Waals surface area (Å²) in [5.74, 6) is 0.0338. The van der Waals surface area contributed by atoms with Crippen LogP contribution in [-0.4, -0.2) is 35.3 Å². The monoisotopic (exact) mass is 369 g/mol. The Kier molecular flexibility index (Phi) is 5.70. The van der Waals surface area contributed by atoms with Crippen molar-refractivity contribution in [3.05, 3.63) is 41.0 Å². The summed E-state index contributed by atoms with van der Waals surface area (Å²) >= 11 is 0. The molecule has 0 aromatic heterocycles. The summed E-state index contributed by atoms with van der Waals surface area (Å²) in [7, 11) is 0. The van der Waals surface area contributed by atoms with Crippen LogP contribution in [0.25, 0.3) is 5.57 Å². The first kappa shape index (κ1) is 19.6. The molecule has 0 spiro atoms. The SMILES string of the molecule is CC(C)(N)C(=O)N1CCC(c2ccc(C(N)=O)c(C3=CCCCC3)c2)CC1. The summed E-state index contributed by atoms with van der Waals surface area (Å²) in [6.07, 6.45) is 8.50. The van der Waals surface area contributed by atoms with Crippen LogP contribution < -0.4 is 11.5 Å². The van der Waals surface area contributed by atoms with E-state index in [4.69, 9.17) is 11.5 Å². The first-order valence-corrected chi connectivity index (χ1v) is 9.99. The van der Waals surface area contributed by atoms with Crippen LogP contribution in [0.3, 0.4) is 0 Å². The lowest BCUT2D eigenvalue weighted by Gasteiger charge is -2.36. The zero-order valence-electron chi connectivity index (χ0n) is 16.5. The number of rotatable bonds is 4. The maximum Gasteiger partial charge on any atom is 0.249 e. The molecule has 0 radical (unpaired) electrons. The van der Waals surface area contributed by atoms with Gasteiger partial charge >= 0.3 is 0 Å². The van der Waals surface area contributed by atoms with Gasteiger partial charge in [-0.2, -0.15) is 0 Å². The van der Waals surface area contributed by atoms with Crippen LogP contribution in [0.2, 0.25) is 0 Å². The molecule has 27 heavy (non-hydrogen) atoms. The van der Waals surface area contributed by atoms with Gasteiger partial charge in [0.15, 0.2) is 0 Å². The Morgan fingerprint density at radius 1 is 1.15 bits per heavy atom. The van der Waals surface area contributed by atoms with Crippen molar-refractivity contribution < 1.29 is 9.59 Å². The van der Waals surface area contributed by atoms with E-state index in [1.165, 1.54) is 17.6 Å². The molecule has 3 rings (SSSR count). The molecule has 1 aliphatic carbocycles. The third-order valence-electron chi connectivity index (χ3n) is 5.75. The van der Waals surface area contributed by atoms with Crippen LogP contribution >= 0.6 is 0 Å². The van der Waals surface area contributed by atoms with Gasteiger partial charge in [-0.15, -0.1) is 0 Å². The molecule has 4 N–H and O–H groups in total. The molecule has 1 aromatic rings. The van der Waals surface area contributed by atoms with E-state index >= 15 is 0 Å². The molecule has 1 aromatic carbocycles. The third-order valence-corrected chi connectivity index (χ3v) is 5.75. The Morgan fingerprint density at radius 2 is 1.85 bits per heavy atom. The maximum atomic E-state index is 12.4. The number of benzene rings is 1. The molecule has 2 amide bonds. The Bertz CT molecular complexity index is 753. The molecule has 0 bridgehead atoms. The van der Waals surface area contributed by atoms with Crippen LogP contribution in [-0.2, 0) is 4.79 Å². The number of primary amides is 1. The number of nitrogens with zero attached hydrogens (tertiary/aromatic N) is 1. The zero-order chi connectivity index (χ0) is 19.6. The van der Waals surface area contributed by atoms with E-state index in [1.54, 1.807) is 13.8 Å². The van der Waals surface area contributed by atoms with E-state index in [1.807, 2.05) is 17.0 Å². The average Bonchev–Trinajstić information content (AvgIpc) is 2.67. The summed E-state index contributed by atoms with van der Waals surface area (Å²) in [5, 5.41) is 0. The predicted octanol–water partition coefficient (Wildman–Crippen LogP) is 3.19. The van der Waals surface area contributed by atoms with Gasteiger partial charge in [0.1, 0.15) is 0 Å². The van der Waals surface area contributed by atoms with E-state index in [0.29, 0.717) is 11.5 Å². The van der Waals surface area contributed by atoms with Gasteiger partial charge in [0.2, 0.25) is 11.8 Å². The quantitative estimate of drug-likeness (QED) is 0.854. The summed E-state index contributed by atoms with van der Waals surface area (Å²) in [5.41, 5.74) is 14.9. The molecule has 0 atom stereocenters. The largest absolute Gasteiger partial charge is 0.366 e. The number of carbonyl (C=O) groups is 2. The number of amides is 2. The molecule has 0 saturated carbocycles. The molecule has 146 valence electrons. The molecular formula is C22H31N3O2. The Labute approximate surface area is 161 Å². The molecule has 2 aliphatic rings. The minimum Gasteiger partial charge on any atom is -0.366 e. The Morgan fingerprint density at radius 3 is 2.41 bits per heavy atom. The predicted molar refractivity (Wildman–Crippen MR) is 108 cm³/mol. The normalized spacial score (nSPS) is 18.9. The van der Waals surface area contributed by atoms with Crippen molar-refractivity contribution in [1.82, 2.24) is 4.90 Å². The van der Waals surface area contributed by atoms with Crippen molar-refractivity contribution in [3.8, 4) is 0 Å². The van der Waals surface area contributed by atoms with Gasteiger partial charge in [-0.3, -0.25) is 9.59 Å². The zero-order valence-corrected chi connectivity index (χ0v) is 16.5. The second-order valence-corrected chi connectivity index (χ2v) is 8.43. The average molecular weight is 370 g/mol. The van der Waals surface area contributed by atoms with E-state index < -0.39 is 5.54 Å². The molecule has 5 nitrogen and oxygen atoms in total. The Hall–Kier alpha value is -2.14. The molecule has 1 heterocycles. The Balaban J connectivity index is 1.79. The topological polar surface area (TPSA) is 89.4 Å². The summed E-state index contributed by atoms with van der Waals surface area (Å²) in [4.78, 5) is 26.2. The lowest BCUT2D eigenvalue weighted by atomic mass is 9.84. The standard InChI is InChI=1S/C22H31N3O2/c1-22(2,24)21(27)25-12-10-15(11-13-25)17-8-9-18(20(23)26)19(14-17)16-6-4-3-5-7-16/h6,8-9,14-15H,3-5,7,10-13,24H2,1-2H3,(H2,23,26). The van der Waals surface area contributed by atoms with E-state index in [0.717, 1.165) is 50.8 Å². The minimum absolute atomic E-state index is 0.0121. The van der Waals surface area contributed by atoms with Gasteiger partial charge < -0.3 is 16.4 Å². The molecule has 5 heteroatoms. The van der Waals surface area contributed by atoms with Crippen molar-refractivity contribution >= 4 is 17.4 Å². The molecule has 0 unspecified atom stereocenters. The van der Waals surface area contributed by atoms with Crippen LogP contribution in [0, 0.1) is 0 Å².